The summed E-state index contributed by atoms with van der Waals surface area (Å²) in [6.07, 6.45) is 4.73. The predicted molar refractivity (Wildman–Crippen MR) is 140 cm³/mol. The third kappa shape index (κ3) is 3.74. The molecule has 0 bridgehead atoms. The third-order valence-electron chi connectivity index (χ3n) is 7.09. The molecule has 0 radical (unpaired) electrons. The van der Waals surface area contributed by atoms with Crippen LogP contribution in [0.15, 0.2) is 66.6 Å². The lowest BCUT2D eigenvalue weighted by Crippen LogP contribution is -2.34. The van der Waals surface area contributed by atoms with Gasteiger partial charge in [-0.1, -0.05) is 36.4 Å². The van der Waals surface area contributed by atoms with Gasteiger partial charge in [-0.15, -0.1) is 0 Å². The Labute approximate surface area is 210 Å². The fraction of sp³-hybridized carbons (Fsp3) is 0.233. The van der Waals surface area contributed by atoms with Crippen molar-refractivity contribution in [1.82, 2.24) is 9.47 Å². The summed E-state index contributed by atoms with van der Waals surface area (Å²) in [6, 6.07) is 18.2. The number of carbonyl (C=O) groups excluding carboxylic acids is 1. The molecule has 0 spiro atoms. The maximum absolute atomic E-state index is 13.4. The van der Waals surface area contributed by atoms with E-state index in [1.165, 1.54) is 0 Å². The highest BCUT2D eigenvalue weighted by atomic mass is 16.5. The molecule has 36 heavy (non-hydrogen) atoms. The molecule has 0 saturated carbocycles. The first-order chi connectivity index (χ1) is 17.5. The second-order valence-corrected chi connectivity index (χ2v) is 9.41. The molecule has 0 fully saturated rings. The van der Waals surface area contributed by atoms with Crippen LogP contribution in [0.5, 0.6) is 17.2 Å². The van der Waals surface area contributed by atoms with Gasteiger partial charge in [0.25, 0.3) is 0 Å². The van der Waals surface area contributed by atoms with E-state index in [-0.39, 0.29) is 5.78 Å². The summed E-state index contributed by atoms with van der Waals surface area (Å²) in [5.74, 6) is 2.58. The van der Waals surface area contributed by atoms with Gasteiger partial charge in [-0.3, -0.25) is 9.69 Å². The van der Waals surface area contributed by atoms with Crippen LogP contribution in [-0.4, -0.2) is 35.6 Å². The fourth-order valence-corrected chi connectivity index (χ4v) is 5.24. The molecule has 0 saturated heterocycles. The number of fused-ring (bicyclic) bond motifs is 4. The van der Waals surface area contributed by atoms with Crippen molar-refractivity contribution in [2.24, 2.45) is 7.05 Å². The normalized spacial score (nSPS) is 16.1. The molecule has 0 unspecified atom stereocenters. The average Bonchev–Trinajstić information content (AvgIpc) is 3.40. The van der Waals surface area contributed by atoms with E-state index in [1.54, 1.807) is 7.11 Å². The Balaban J connectivity index is 1.29. The van der Waals surface area contributed by atoms with Gasteiger partial charge in [0.05, 0.1) is 18.2 Å². The summed E-state index contributed by atoms with van der Waals surface area (Å²) < 4.78 is 20.0. The summed E-state index contributed by atoms with van der Waals surface area (Å²) in [6.45, 7) is 3.89. The number of hydrogen-bond acceptors (Lipinski definition) is 5. The van der Waals surface area contributed by atoms with Gasteiger partial charge in [-0.2, -0.15) is 0 Å². The largest absolute Gasteiger partial charge is 0.496 e. The van der Waals surface area contributed by atoms with Crippen LogP contribution in [0.3, 0.4) is 0 Å². The number of aryl methyl sites for hydroxylation is 2. The lowest BCUT2D eigenvalue weighted by atomic mass is 9.98. The maximum atomic E-state index is 13.4. The number of hydrogen-bond donors (Lipinski definition) is 0. The van der Waals surface area contributed by atoms with Gasteiger partial charge in [0, 0.05) is 42.8 Å². The zero-order valence-electron chi connectivity index (χ0n) is 20.7. The number of rotatable bonds is 5. The van der Waals surface area contributed by atoms with Crippen molar-refractivity contribution in [1.29, 1.82) is 0 Å². The molecule has 6 heteroatoms. The summed E-state index contributed by atoms with van der Waals surface area (Å²) in [7, 11) is 3.70. The van der Waals surface area contributed by atoms with Crippen molar-refractivity contribution >= 4 is 22.8 Å². The first-order valence-corrected chi connectivity index (χ1v) is 12.2. The van der Waals surface area contributed by atoms with E-state index in [1.807, 2.05) is 62.6 Å². The number of Topliss-reactive ketones (excluding diaryl/α,β-unsaturated/α-hetero) is 1. The van der Waals surface area contributed by atoms with Gasteiger partial charge < -0.3 is 18.8 Å². The number of carbonyl (C=O) groups is 1. The molecule has 3 aromatic carbocycles. The molecule has 0 aliphatic carbocycles. The van der Waals surface area contributed by atoms with Gasteiger partial charge in [0.2, 0.25) is 5.78 Å². The van der Waals surface area contributed by atoms with Crippen LogP contribution in [0.1, 0.15) is 32.6 Å². The van der Waals surface area contributed by atoms with E-state index >= 15 is 0 Å². The van der Waals surface area contributed by atoms with Crippen LogP contribution < -0.4 is 14.2 Å². The predicted octanol–water partition coefficient (Wildman–Crippen LogP) is 5.51. The summed E-state index contributed by atoms with van der Waals surface area (Å²) in [5, 5.41) is 1.09. The number of nitrogens with zero attached hydrogens (tertiary/aromatic N) is 2. The van der Waals surface area contributed by atoms with Gasteiger partial charge in [0.15, 0.2) is 5.76 Å². The number of aromatic nitrogens is 1. The van der Waals surface area contributed by atoms with Crippen molar-refractivity contribution in [2.45, 2.75) is 19.9 Å². The van der Waals surface area contributed by atoms with Crippen molar-refractivity contribution in [3.8, 4) is 17.2 Å². The third-order valence-corrected chi connectivity index (χ3v) is 7.09. The highest BCUT2D eigenvalue weighted by Gasteiger charge is 2.35. The molecule has 0 atom stereocenters. The molecule has 1 aromatic heterocycles. The first-order valence-electron chi connectivity index (χ1n) is 12.2. The maximum Gasteiger partial charge on any atom is 0.232 e. The summed E-state index contributed by atoms with van der Waals surface area (Å²) in [4.78, 5) is 15.7. The van der Waals surface area contributed by atoms with Gasteiger partial charge in [-0.25, -0.2) is 0 Å². The molecule has 0 N–H and O–H groups in total. The smallest absolute Gasteiger partial charge is 0.232 e. The summed E-state index contributed by atoms with van der Waals surface area (Å²) >= 11 is 0. The minimum absolute atomic E-state index is 0.0793. The molecule has 3 heterocycles. The zero-order chi connectivity index (χ0) is 24.8. The van der Waals surface area contributed by atoms with Crippen LogP contribution in [0.25, 0.3) is 17.0 Å². The number of para-hydroxylation sites is 2. The molecule has 0 amide bonds. The highest BCUT2D eigenvalue weighted by Crippen LogP contribution is 2.44. The average molecular weight is 481 g/mol. The lowest BCUT2D eigenvalue weighted by molar-refractivity contribution is 0.0947. The number of ether oxygens (including phenoxy) is 3. The van der Waals surface area contributed by atoms with E-state index in [2.05, 4.69) is 27.7 Å². The Morgan fingerprint density at radius 1 is 1.11 bits per heavy atom. The van der Waals surface area contributed by atoms with Gasteiger partial charge in [0.1, 0.15) is 24.0 Å². The van der Waals surface area contributed by atoms with E-state index in [9.17, 15) is 4.79 Å². The highest BCUT2D eigenvalue weighted by molar-refractivity contribution is 6.16. The molecule has 182 valence electrons. The standard InChI is InChI=1S/C30H28N2O4/c1-19-14-26-23(17-32(18-35-26)13-12-20-8-4-7-11-25(20)34-3)30-28(19)29(33)27(36-30)15-21-16-31(2)24-10-6-5-9-22(21)24/h4-11,14-16H,12-13,17-18H2,1-3H3/b27-15-. The Kier molecular flexibility index (Phi) is 5.53. The van der Waals surface area contributed by atoms with Crippen LogP contribution in [-0.2, 0) is 20.0 Å². The van der Waals surface area contributed by atoms with Crippen molar-refractivity contribution in [3.05, 3.63) is 94.4 Å². The molecule has 2 aliphatic rings. The monoisotopic (exact) mass is 480 g/mol. The molecular weight excluding hydrogens is 452 g/mol. The topological polar surface area (TPSA) is 52.9 Å². The van der Waals surface area contributed by atoms with E-state index in [0.29, 0.717) is 30.3 Å². The van der Waals surface area contributed by atoms with Crippen molar-refractivity contribution < 1.29 is 19.0 Å². The van der Waals surface area contributed by atoms with Crippen LogP contribution >= 0.6 is 0 Å². The molecule has 6 nitrogen and oxygen atoms in total. The quantitative estimate of drug-likeness (QED) is 0.353. The SMILES string of the molecule is COc1ccccc1CCN1COc2cc(C)c3c(c2C1)O/C(=C\c1cn(C)c2ccccc12)C3=O. The minimum atomic E-state index is -0.0793. The molecular formula is C30H28N2O4. The van der Waals surface area contributed by atoms with E-state index in [4.69, 9.17) is 14.2 Å². The van der Waals surface area contributed by atoms with E-state index < -0.39 is 0 Å². The second-order valence-electron chi connectivity index (χ2n) is 9.41. The van der Waals surface area contributed by atoms with Crippen molar-refractivity contribution in [3.63, 3.8) is 0 Å². The number of ketones is 1. The lowest BCUT2D eigenvalue weighted by Gasteiger charge is -2.30. The van der Waals surface area contributed by atoms with E-state index in [0.717, 1.165) is 57.6 Å². The number of benzene rings is 3. The Bertz CT molecular complexity index is 1530. The van der Waals surface area contributed by atoms with Crippen LogP contribution in [0, 0.1) is 6.92 Å². The number of allylic oxidation sites excluding steroid dienone is 1. The van der Waals surface area contributed by atoms with Gasteiger partial charge >= 0.3 is 0 Å². The Hall–Kier alpha value is -4.03. The van der Waals surface area contributed by atoms with Crippen LogP contribution in [0.2, 0.25) is 0 Å². The number of methoxy groups -OCH3 is 1. The van der Waals surface area contributed by atoms with Crippen molar-refractivity contribution in [2.75, 3.05) is 20.4 Å². The Morgan fingerprint density at radius 2 is 1.92 bits per heavy atom. The first kappa shape index (κ1) is 22.4. The summed E-state index contributed by atoms with van der Waals surface area (Å²) in [5.41, 5.74) is 5.67. The van der Waals surface area contributed by atoms with Gasteiger partial charge in [-0.05, 0) is 48.7 Å². The van der Waals surface area contributed by atoms with Crippen LogP contribution in [0.4, 0.5) is 0 Å². The molecule has 6 rings (SSSR count). The Morgan fingerprint density at radius 3 is 2.78 bits per heavy atom. The zero-order valence-corrected chi connectivity index (χ0v) is 20.7. The molecule has 4 aromatic rings. The molecule has 2 aliphatic heterocycles. The minimum Gasteiger partial charge on any atom is -0.496 e. The fourth-order valence-electron chi connectivity index (χ4n) is 5.24. The second kappa shape index (κ2) is 8.88.